The third-order valence-corrected chi connectivity index (χ3v) is 2.36. The highest BCUT2D eigenvalue weighted by atomic mass is 32.2. The van der Waals surface area contributed by atoms with Crippen molar-refractivity contribution in [2.24, 2.45) is 9.98 Å². The predicted molar refractivity (Wildman–Crippen MR) is 60.9 cm³/mol. The molecule has 0 spiro atoms. The monoisotopic (exact) mass is 197 g/mol. The van der Waals surface area contributed by atoms with Crippen LogP contribution >= 0.6 is 11.8 Å². The molecule has 0 aromatic heterocycles. The number of aliphatic imine (C=N–C) groups is 2. The minimum Gasteiger partial charge on any atom is -0.313 e. The molecule has 1 rings (SSSR count). The molecule has 1 aliphatic rings. The molecule has 3 nitrogen and oxygen atoms in total. The van der Waals surface area contributed by atoms with Crippen LogP contribution in [0, 0.1) is 0 Å². The molecule has 72 valence electrons. The van der Waals surface area contributed by atoms with Crippen LogP contribution in [0.1, 0.15) is 6.42 Å². The molecule has 0 saturated carbocycles. The fourth-order valence-electron chi connectivity index (χ4n) is 1.09. The molecule has 0 amide bonds. The minimum atomic E-state index is 0.934. The summed E-state index contributed by atoms with van der Waals surface area (Å²) >= 11 is 1.63. The second-order valence-electron chi connectivity index (χ2n) is 2.69. The summed E-state index contributed by atoms with van der Waals surface area (Å²) < 4.78 is 0. The van der Waals surface area contributed by atoms with Gasteiger partial charge in [-0.1, -0.05) is 0 Å². The Hall–Kier alpha value is -0.610. The van der Waals surface area contributed by atoms with Crippen LogP contribution in [0.25, 0.3) is 0 Å². The highest BCUT2D eigenvalue weighted by molar-refractivity contribution is 8.14. The number of rotatable bonds is 2. The third-order valence-electron chi connectivity index (χ3n) is 1.74. The summed E-state index contributed by atoms with van der Waals surface area (Å²) in [7, 11) is 1.77. The van der Waals surface area contributed by atoms with E-state index in [1.165, 1.54) is 5.70 Å². The zero-order valence-electron chi connectivity index (χ0n) is 8.08. The SMILES string of the molecule is CN=CC(=NC1=CCNCC1)SC. The van der Waals surface area contributed by atoms with Crippen LogP contribution in [0.2, 0.25) is 0 Å². The first kappa shape index (κ1) is 10.5. The van der Waals surface area contributed by atoms with Gasteiger partial charge in [0.05, 0.1) is 6.21 Å². The van der Waals surface area contributed by atoms with E-state index in [1.54, 1.807) is 25.0 Å². The molecule has 0 bridgehead atoms. The second kappa shape index (κ2) is 5.94. The first-order valence-electron chi connectivity index (χ1n) is 4.31. The topological polar surface area (TPSA) is 36.8 Å². The van der Waals surface area contributed by atoms with Crippen molar-refractivity contribution in [3.05, 3.63) is 11.8 Å². The van der Waals surface area contributed by atoms with Gasteiger partial charge in [0.15, 0.2) is 0 Å². The first-order chi connectivity index (χ1) is 6.36. The smallest absolute Gasteiger partial charge is 0.114 e. The van der Waals surface area contributed by atoms with Crippen molar-refractivity contribution in [2.75, 3.05) is 26.4 Å². The average Bonchev–Trinajstić information content (AvgIpc) is 2.19. The molecule has 13 heavy (non-hydrogen) atoms. The fraction of sp³-hybridized carbons (Fsp3) is 0.556. The Kier molecular flexibility index (Phi) is 4.78. The average molecular weight is 197 g/mol. The lowest BCUT2D eigenvalue weighted by Gasteiger charge is -2.10. The maximum Gasteiger partial charge on any atom is 0.114 e. The van der Waals surface area contributed by atoms with E-state index in [2.05, 4.69) is 21.4 Å². The molecule has 1 N–H and O–H groups in total. The van der Waals surface area contributed by atoms with Gasteiger partial charge in [0.25, 0.3) is 0 Å². The predicted octanol–water partition coefficient (Wildman–Crippen LogP) is 1.33. The van der Waals surface area contributed by atoms with Crippen molar-refractivity contribution in [1.29, 1.82) is 0 Å². The first-order valence-corrected chi connectivity index (χ1v) is 5.54. The standard InChI is InChI=1S/C9H15N3S/c1-10-7-9(13-2)12-8-3-5-11-6-4-8/h3,7,11H,4-6H2,1-2H3. The highest BCUT2D eigenvalue weighted by Crippen LogP contribution is 2.09. The van der Waals surface area contributed by atoms with E-state index in [0.717, 1.165) is 24.6 Å². The Morgan fingerprint density at radius 2 is 2.54 bits per heavy atom. The molecular formula is C9H15N3S. The summed E-state index contributed by atoms with van der Waals surface area (Å²) in [6.45, 7) is 1.96. The Morgan fingerprint density at radius 1 is 1.69 bits per heavy atom. The molecule has 0 aromatic carbocycles. The second-order valence-corrected chi connectivity index (χ2v) is 3.52. The molecule has 4 heteroatoms. The molecule has 0 radical (unpaired) electrons. The van der Waals surface area contributed by atoms with Crippen LogP contribution in [0.15, 0.2) is 21.8 Å². The molecule has 0 atom stereocenters. The molecule has 1 heterocycles. The minimum absolute atomic E-state index is 0.934. The summed E-state index contributed by atoms with van der Waals surface area (Å²) in [6.07, 6.45) is 6.96. The van der Waals surface area contributed by atoms with Crippen LogP contribution in [0.3, 0.4) is 0 Å². The fourth-order valence-corrected chi connectivity index (χ4v) is 1.51. The van der Waals surface area contributed by atoms with Gasteiger partial charge >= 0.3 is 0 Å². The quantitative estimate of drug-likeness (QED) is 0.535. The van der Waals surface area contributed by atoms with Crippen LogP contribution in [-0.4, -0.2) is 37.7 Å². The number of nitrogens with zero attached hydrogens (tertiary/aromatic N) is 2. The molecule has 0 aliphatic carbocycles. The van der Waals surface area contributed by atoms with Gasteiger partial charge in [-0.2, -0.15) is 0 Å². The zero-order valence-corrected chi connectivity index (χ0v) is 8.90. The Labute approximate surface area is 83.4 Å². The van der Waals surface area contributed by atoms with Crippen molar-refractivity contribution in [1.82, 2.24) is 5.32 Å². The summed E-state index contributed by atoms with van der Waals surface area (Å²) in [6, 6.07) is 0. The van der Waals surface area contributed by atoms with Gasteiger partial charge < -0.3 is 5.32 Å². The van der Waals surface area contributed by atoms with Gasteiger partial charge in [-0.3, -0.25) is 4.99 Å². The molecule has 0 unspecified atom stereocenters. The lowest BCUT2D eigenvalue weighted by molar-refractivity contribution is 0.699. The van der Waals surface area contributed by atoms with Crippen LogP contribution < -0.4 is 5.32 Å². The Morgan fingerprint density at radius 3 is 3.08 bits per heavy atom. The van der Waals surface area contributed by atoms with Crippen molar-refractivity contribution < 1.29 is 0 Å². The Bertz CT molecular complexity index is 243. The van der Waals surface area contributed by atoms with Gasteiger partial charge in [-0.15, -0.1) is 11.8 Å². The van der Waals surface area contributed by atoms with Crippen molar-refractivity contribution in [2.45, 2.75) is 6.42 Å². The van der Waals surface area contributed by atoms with E-state index in [4.69, 9.17) is 0 Å². The van der Waals surface area contributed by atoms with Crippen molar-refractivity contribution in [3.63, 3.8) is 0 Å². The van der Waals surface area contributed by atoms with Gasteiger partial charge in [0.1, 0.15) is 5.04 Å². The lowest BCUT2D eigenvalue weighted by Crippen LogP contribution is -2.20. The molecule has 0 saturated heterocycles. The van der Waals surface area contributed by atoms with Gasteiger partial charge in [-0.05, 0) is 12.3 Å². The van der Waals surface area contributed by atoms with E-state index in [0.29, 0.717) is 0 Å². The number of thioether (sulfide) groups is 1. The summed E-state index contributed by atoms with van der Waals surface area (Å²) in [5.74, 6) is 0. The molecule has 0 fully saturated rings. The van der Waals surface area contributed by atoms with E-state index in [9.17, 15) is 0 Å². The van der Waals surface area contributed by atoms with Crippen molar-refractivity contribution in [3.8, 4) is 0 Å². The summed E-state index contributed by atoms with van der Waals surface area (Å²) in [5, 5.41) is 4.23. The maximum absolute atomic E-state index is 4.50. The molecule has 1 aliphatic heterocycles. The zero-order chi connectivity index (χ0) is 9.52. The van der Waals surface area contributed by atoms with E-state index in [1.807, 2.05) is 6.26 Å². The van der Waals surface area contributed by atoms with Crippen molar-refractivity contribution >= 4 is 23.0 Å². The number of nitrogens with one attached hydrogen (secondary N) is 1. The molecular weight excluding hydrogens is 182 g/mol. The van der Waals surface area contributed by atoms with Crippen LogP contribution in [-0.2, 0) is 0 Å². The number of hydrogen-bond acceptors (Lipinski definition) is 4. The largest absolute Gasteiger partial charge is 0.313 e. The van der Waals surface area contributed by atoms with Crippen LogP contribution in [0.4, 0.5) is 0 Å². The van der Waals surface area contributed by atoms with Gasteiger partial charge in [0, 0.05) is 32.3 Å². The highest BCUT2D eigenvalue weighted by Gasteiger charge is 2.01. The third kappa shape index (κ3) is 3.74. The van der Waals surface area contributed by atoms with Crippen LogP contribution in [0.5, 0.6) is 0 Å². The lowest BCUT2D eigenvalue weighted by atomic mass is 10.2. The van der Waals surface area contributed by atoms with E-state index in [-0.39, 0.29) is 0 Å². The number of hydrogen-bond donors (Lipinski definition) is 1. The van der Waals surface area contributed by atoms with E-state index < -0.39 is 0 Å². The summed E-state index contributed by atoms with van der Waals surface area (Å²) in [4.78, 5) is 8.45. The van der Waals surface area contributed by atoms with Gasteiger partial charge in [-0.25, -0.2) is 4.99 Å². The summed E-state index contributed by atoms with van der Waals surface area (Å²) in [5.41, 5.74) is 1.17. The maximum atomic E-state index is 4.50. The van der Waals surface area contributed by atoms with Gasteiger partial charge in [0.2, 0.25) is 0 Å². The molecule has 0 aromatic rings. The van der Waals surface area contributed by atoms with E-state index >= 15 is 0 Å². The normalized spacial score (nSPS) is 19.2. The Balaban J connectivity index is 2.64.